The molecule has 0 heterocycles. The minimum atomic E-state index is -0.0822. The molecular weight excluding hydrogens is 480 g/mol. The minimum absolute atomic E-state index is 0.0822. The molecule has 0 bridgehead atoms. The summed E-state index contributed by atoms with van der Waals surface area (Å²) in [6.45, 7) is 0. The van der Waals surface area contributed by atoms with Crippen LogP contribution in [0.3, 0.4) is 0 Å². The molecule has 0 atom stereocenters. The Kier molecular flexibility index (Phi) is 6.36. The first-order valence-electron chi connectivity index (χ1n) is 9.00. The highest BCUT2D eigenvalue weighted by atomic mass is 79.9. The van der Waals surface area contributed by atoms with E-state index in [0.717, 1.165) is 32.5 Å². The zero-order valence-corrected chi connectivity index (χ0v) is 19.6. The summed E-state index contributed by atoms with van der Waals surface area (Å²) in [6.07, 6.45) is 0. The van der Waals surface area contributed by atoms with Crippen LogP contribution in [0.4, 0.5) is 11.4 Å². The van der Waals surface area contributed by atoms with Crippen LogP contribution in [0.5, 0.6) is 5.75 Å². The summed E-state index contributed by atoms with van der Waals surface area (Å²) in [6, 6.07) is 20.8. The van der Waals surface area contributed by atoms with Gasteiger partial charge in [0.1, 0.15) is 5.75 Å². The van der Waals surface area contributed by atoms with Crippen molar-refractivity contribution in [3.8, 4) is 5.75 Å². The van der Waals surface area contributed by atoms with Gasteiger partial charge in [0.2, 0.25) is 0 Å². The number of halogens is 2. The molecule has 146 valence electrons. The van der Waals surface area contributed by atoms with E-state index in [9.17, 15) is 5.11 Å². The van der Waals surface area contributed by atoms with E-state index in [2.05, 4.69) is 90.2 Å². The van der Waals surface area contributed by atoms with Crippen molar-refractivity contribution < 1.29 is 5.11 Å². The van der Waals surface area contributed by atoms with E-state index in [1.807, 2.05) is 40.3 Å². The molecule has 5 heteroatoms. The highest BCUT2D eigenvalue weighted by molar-refractivity contribution is 9.11. The lowest BCUT2D eigenvalue weighted by atomic mass is 9.84. The summed E-state index contributed by atoms with van der Waals surface area (Å²) in [5.41, 5.74) is 5.40. The fourth-order valence-electron chi connectivity index (χ4n) is 3.29. The number of aromatic hydroxyl groups is 1. The van der Waals surface area contributed by atoms with Crippen LogP contribution in [0, 0.1) is 0 Å². The maximum atomic E-state index is 10.8. The smallest absolute Gasteiger partial charge is 0.133 e. The van der Waals surface area contributed by atoms with Gasteiger partial charge in [-0.1, -0.05) is 40.2 Å². The van der Waals surface area contributed by atoms with E-state index < -0.39 is 0 Å². The Morgan fingerprint density at radius 2 is 1.14 bits per heavy atom. The molecule has 0 aliphatic heterocycles. The second-order valence-corrected chi connectivity index (χ2v) is 9.00. The summed E-state index contributed by atoms with van der Waals surface area (Å²) >= 11 is 7.05. The van der Waals surface area contributed by atoms with Gasteiger partial charge in [-0.05, 0) is 63.5 Å². The molecule has 0 fully saturated rings. The Morgan fingerprint density at radius 1 is 0.714 bits per heavy atom. The molecule has 28 heavy (non-hydrogen) atoms. The first-order chi connectivity index (χ1) is 13.3. The average molecular weight is 504 g/mol. The van der Waals surface area contributed by atoms with E-state index in [0.29, 0.717) is 4.47 Å². The van der Waals surface area contributed by atoms with Gasteiger partial charge in [-0.3, -0.25) is 0 Å². The van der Waals surface area contributed by atoms with Crippen LogP contribution in [0.1, 0.15) is 22.6 Å². The summed E-state index contributed by atoms with van der Waals surface area (Å²) in [5.74, 6) is 0.183. The third kappa shape index (κ3) is 4.36. The Bertz CT molecular complexity index is 900. The van der Waals surface area contributed by atoms with Crippen molar-refractivity contribution in [1.29, 1.82) is 0 Å². The highest BCUT2D eigenvalue weighted by Crippen LogP contribution is 2.42. The molecule has 0 aliphatic carbocycles. The Labute approximate surface area is 183 Å². The fourth-order valence-corrected chi connectivity index (χ4v) is 4.55. The predicted octanol–water partition coefficient (Wildman–Crippen LogP) is 6.23. The molecule has 0 spiro atoms. The largest absolute Gasteiger partial charge is 0.506 e. The van der Waals surface area contributed by atoms with Crippen LogP contribution in [0.2, 0.25) is 0 Å². The van der Waals surface area contributed by atoms with Gasteiger partial charge in [-0.25, -0.2) is 0 Å². The van der Waals surface area contributed by atoms with Crippen molar-refractivity contribution >= 4 is 43.2 Å². The minimum Gasteiger partial charge on any atom is -0.506 e. The van der Waals surface area contributed by atoms with Gasteiger partial charge >= 0.3 is 0 Å². The van der Waals surface area contributed by atoms with E-state index in [4.69, 9.17) is 0 Å². The number of anilines is 2. The van der Waals surface area contributed by atoms with E-state index in [-0.39, 0.29) is 11.7 Å². The third-order valence-corrected chi connectivity index (χ3v) is 5.92. The normalized spacial score (nSPS) is 11.0. The third-order valence-electron chi connectivity index (χ3n) is 4.85. The van der Waals surface area contributed by atoms with Gasteiger partial charge in [0.05, 0.1) is 4.47 Å². The van der Waals surface area contributed by atoms with Crippen LogP contribution in [-0.4, -0.2) is 33.3 Å². The molecule has 0 aliphatic rings. The van der Waals surface area contributed by atoms with Gasteiger partial charge < -0.3 is 14.9 Å². The lowest BCUT2D eigenvalue weighted by molar-refractivity contribution is 0.463. The standard InChI is InChI=1S/C23H24Br2N2O/c1-26(2)18-9-5-15(6-10-18)22(16-7-11-19(12-8-16)27(3)4)20-13-17(24)14-21(25)23(20)28/h5-14,22,28H,1-4H3. The number of nitrogens with zero attached hydrogens (tertiary/aromatic N) is 2. The van der Waals surface area contributed by atoms with Crippen molar-refractivity contribution in [2.75, 3.05) is 38.0 Å². The number of phenolic OH excluding ortho intramolecular Hbond substituents is 1. The lowest BCUT2D eigenvalue weighted by Crippen LogP contribution is -2.10. The Hall–Kier alpha value is -1.98. The van der Waals surface area contributed by atoms with Gasteiger partial charge in [-0.15, -0.1) is 0 Å². The first-order valence-corrected chi connectivity index (χ1v) is 10.6. The SMILES string of the molecule is CN(C)c1ccc(C(c2ccc(N(C)C)cc2)c2cc(Br)cc(Br)c2O)cc1. The van der Waals surface area contributed by atoms with Crippen LogP contribution in [0.15, 0.2) is 69.6 Å². The number of hydrogen-bond donors (Lipinski definition) is 1. The summed E-state index contributed by atoms with van der Waals surface area (Å²) in [4.78, 5) is 4.16. The van der Waals surface area contributed by atoms with E-state index in [1.54, 1.807) is 0 Å². The molecule has 3 aromatic rings. The molecular formula is C23H24Br2N2O. The number of benzene rings is 3. The Balaban J connectivity index is 2.16. The van der Waals surface area contributed by atoms with Gasteiger partial charge in [-0.2, -0.15) is 0 Å². The zero-order valence-electron chi connectivity index (χ0n) is 16.4. The topological polar surface area (TPSA) is 26.7 Å². The fraction of sp³-hybridized carbons (Fsp3) is 0.217. The van der Waals surface area contributed by atoms with Crippen LogP contribution < -0.4 is 9.80 Å². The van der Waals surface area contributed by atoms with E-state index in [1.165, 1.54) is 0 Å². The zero-order chi connectivity index (χ0) is 20.4. The highest BCUT2D eigenvalue weighted by Gasteiger charge is 2.22. The van der Waals surface area contributed by atoms with Gasteiger partial charge in [0.15, 0.2) is 0 Å². The number of hydrogen-bond acceptors (Lipinski definition) is 3. The molecule has 0 aromatic heterocycles. The second kappa shape index (κ2) is 8.58. The van der Waals surface area contributed by atoms with Gasteiger partial charge in [0.25, 0.3) is 0 Å². The molecule has 0 saturated carbocycles. The van der Waals surface area contributed by atoms with Crippen molar-refractivity contribution in [3.05, 3.63) is 86.3 Å². The first kappa shape index (κ1) is 20.7. The molecule has 3 nitrogen and oxygen atoms in total. The van der Waals surface area contributed by atoms with E-state index >= 15 is 0 Å². The predicted molar refractivity (Wildman–Crippen MR) is 126 cm³/mol. The lowest BCUT2D eigenvalue weighted by Gasteiger charge is -2.23. The van der Waals surface area contributed by atoms with Crippen molar-refractivity contribution in [3.63, 3.8) is 0 Å². The second-order valence-electron chi connectivity index (χ2n) is 7.23. The molecule has 0 radical (unpaired) electrons. The molecule has 3 rings (SSSR count). The maximum absolute atomic E-state index is 10.8. The summed E-state index contributed by atoms with van der Waals surface area (Å²) < 4.78 is 1.60. The number of phenols is 1. The van der Waals surface area contributed by atoms with Crippen LogP contribution in [-0.2, 0) is 0 Å². The summed E-state index contributed by atoms with van der Waals surface area (Å²) in [5, 5.41) is 10.8. The molecule has 3 aromatic carbocycles. The molecule has 1 N–H and O–H groups in total. The van der Waals surface area contributed by atoms with Crippen molar-refractivity contribution in [2.24, 2.45) is 0 Å². The summed E-state index contributed by atoms with van der Waals surface area (Å²) in [7, 11) is 8.13. The van der Waals surface area contributed by atoms with Gasteiger partial charge in [0, 0.05) is 55.5 Å². The van der Waals surface area contributed by atoms with Crippen LogP contribution in [0.25, 0.3) is 0 Å². The Morgan fingerprint density at radius 3 is 1.54 bits per heavy atom. The molecule has 0 amide bonds. The quantitative estimate of drug-likeness (QED) is 0.418. The molecule has 0 unspecified atom stereocenters. The maximum Gasteiger partial charge on any atom is 0.133 e. The van der Waals surface area contributed by atoms with Crippen molar-refractivity contribution in [1.82, 2.24) is 0 Å². The van der Waals surface area contributed by atoms with Crippen molar-refractivity contribution in [2.45, 2.75) is 5.92 Å². The monoisotopic (exact) mass is 502 g/mol. The van der Waals surface area contributed by atoms with Crippen LogP contribution >= 0.6 is 31.9 Å². The average Bonchev–Trinajstić information content (AvgIpc) is 2.66. The molecule has 0 saturated heterocycles. The number of rotatable bonds is 5.